The maximum Gasteiger partial charge on any atom is 0.494 e. The van der Waals surface area contributed by atoms with Crippen LogP contribution in [0.5, 0.6) is 0 Å². The number of carbonyl (C=O) groups excluding carboxylic acids is 1. The van der Waals surface area contributed by atoms with Crippen LogP contribution in [0.3, 0.4) is 0 Å². The lowest BCUT2D eigenvalue weighted by Gasteiger charge is -2.46. The predicted octanol–water partition coefficient (Wildman–Crippen LogP) is 7.30. The first-order valence-electron chi connectivity index (χ1n) is 18.4. The molecule has 2 aliphatic heterocycles. The Morgan fingerprint density at radius 3 is 2.15 bits per heavy atom. The molecule has 2 aliphatic rings. The van der Waals surface area contributed by atoms with E-state index in [2.05, 4.69) is 72.9 Å². The molecule has 2 saturated heterocycles. The predicted molar refractivity (Wildman–Crippen MR) is 195 cm³/mol. The molecule has 0 saturated carbocycles. The molecule has 0 bridgehead atoms. The number of nitrogens with one attached hydrogen (secondary N) is 1. The summed E-state index contributed by atoms with van der Waals surface area (Å²) < 4.78 is 18.5. The highest BCUT2D eigenvalue weighted by molar-refractivity contribution is 6.65. The van der Waals surface area contributed by atoms with Gasteiger partial charge < -0.3 is 29.6 Å². The van der Waals surface area contributed by atoms with Gasteiger partial charge >= 0.3 is 7.12 Å². The van der Waals surface area contributed by atoms with Crippen molar-refractivity contribution in [3.8, 4) is 0 Å². The van der Waals surface area contributed by atoms with E-state index in [9.17, 15) is 15.0 Å². The zero-order valence-corrected chi connectivity index (χ0v) is 28.4. The second kappa shape index (κ2) is 17.1. The lowest BCUT2D eigenvalue weighted by molar-refractivity contribution is -0.242. The number of fused-ring (bicyclic) bond motifs is 1. The van der Waals surface area contributed by atoms with Crippen molar-refractivity contribution in [3.63, 3.8) is 0 Å². The van der Waals surface area contributed by atoms with Gasteiger partial charge in [-0.25, -0.2) is 0 Å². The first-order chi connectivity index (χ1) is 23.5. The van der Waals surface area contributed by atoms with E-state index in [1.165, 1.54) is 67.5 Å². The summed E-state index contributed by atoms with van der Waals surface area (Å²) >= 11 is 0. The number of amides is 1. The van der Waals surface area contributed by atoms with Gasteiger partial charge in [0.1, 0.15) is 24.4 Å². The summed E-state index contributed by atoms with van der Waals surface area (Å²) in [6.45, 7) is 2.42. The number of aliphatic hydroxyl groups excluding tert-OH is 2. The highest BCUT2D eigenvalue weighted by Gasteiger charge is 2.50. The normalized spacial score (nSPS) is 23.1. The molecule has 2 heterocycles. The van der Waals surface area contributed by atoms with Crippen molar-refractivity contribution in [2.45, 2.75) is 127 Å². The second-order valence-corrected chi connectivity index (χ2v) is 13.8. The average molecular weight is 654 g/mol. The second-order valence-electron chi connectivity index (χ2n) is 13.8. The van der Waals surface area contributed by atoms with Crippen LogP contribution in [0.15, 0.2) is 66.7 Å². The molecule has 0 unspecified atom stereocenters. The van der Waals surface area contributed by atoms with Gasteiger partial charge in [-0.05, 0) is 69.9 Å². The summed E-state index contributed by atoms with van der Waals surface area (Å²) in [6.07, 6.45) is 15.6. The minimum atomic E-state index is -1.32. The summed E-state index contributed by atoms with van der Waals surface area (Å²) in [7, 11) is -0.728. The van der Waals surface area contributed by atoms with Gasteiger partial charge in [0.15, 0.2) is 6.23 Å². The number of carbonyl (C=O) groups is 1. The monoisotopic (exact) mass is 653 g/mol. The molecule has 0 radical (unpaired) electrons. The number of hydrogen-bond donors (Lipinski definition) is 3. The molecule has 4 aromatic rings. The van der Waals surface area contributed by atoms with Crippen molar-refractivity contribution >= 4 is 50.8 Å². The molecule has 256 valence electrons. The standard InChI is InChI=1S/C40H52BNO6/c1-2-3-4-5-6-7-8-9-10-11-12-13-14-15-16-20-34(43)42-40-38(45)37(44)39-33(47-40)27-46-41(48-39)32-26-24-30-22-21-28-18-17-19-29-23-25-31(32)36(30)35(28)29/h9-10,17-19,21-26,33,37-40,44-45H,2-8,11-16,20,27H2,1H3,(H,42,43)/b10-9-/t33-,37-,38-,39-,40-/m1/s1. The van der Waals surface area contributed by atoms with Gasteiger partial charge in [0, 0.05) is 6.42 Å². The van der Waals surface area contributed by atoms with E-state index in [-0.39, 0.29) is 12.5 Å². The van der Waals surface area contributed by atoms with Crippen molar-refractivity contribution in [2.24, 2.45) is 0 Å². The van der Waals surface area contributed by atoms with Gasteiger partial charge in [0.25, 0.3) is 0 Å². The van der Waals surface area contributed by atoms with Crippen molar-refractivity contribution in [1.29, 1.82) is 0 Å². The van der Waals surface area contributed by atoms with Crippen LogP contribution in [0.25, 0.3) is 32.3 Å². The van der Waals surface area contributed by atoms with Crippen molar-refractivity contribution < 1.29 is 29.1 Å². The molecule has 1 amide bonds. The quantitative estimate of drug-likeness (QED) is 0.0479. The molecule has 48 heavy (non-hydrogen) atoms. The van der Waals surface area contributed by atoms with E-state index < -0.39 is 37.8 Å². The summed E-state index contributed by atoms with van der Waals surface area (Å²) in [5.41, 5.74) is 0.872. The van der Waals surface area contributed by atoms with Gasteiger partial charge in [-0.2, -0.15) is 0 Å². The van der Waals surface area contributed by atoms with E-state index in [1.807, 2.05) is 6.07 Å². The maximum atomic E-state index is 12.7. The minimum absolute atomic E-state index is 0.168. The summed E-state index contributed by atoms with van der Waals surface area (Å²) in [4.78, 5) is 12.7. The van der Waals surface area contributed by atoms with Crippen molar-refractivity contribution in [1.82, 2.24) is 5.32 Å². The molecule has 0 aromatic heterocycles. The Bertz CT molecular complexity index is 1630. The molecule has 5 atom stereocenters. The summed E-state index contributed by atoms with van der Waals surface area (Å²) in [6, 6.07) is 18.9. The fourth-order valence-corrected chi connectivity index (χ4v) is 7.44. The van der Waals surface area contributed by atoms with E-state index >= 15 is 0 Å². The Balaban J connectivity index is 0.923. The number of allylic oxidation sites excluding steroid dienone is 2. The lowest BCUT2D eigenvalue weighted by Crippen LogP contribution is -2.67. The molecule has 6 rings (SSSR count). The van der Waals surface area contributed by atoms with Crippen LogP contribution >= 0.6 is 0 Å². The van der Waals surface area contributed by atoms with Gasteiger partial charge in [0.2, 0.25) is 5.91 Å². The Kier molecular flexibility index (Phi) is 12.4. The Labute approximate surface area is 285 Å². The highest BCUT2D eigenvalue weighted by Crippen LogP contribution is 2.35. The number of unbranched alkanes of at least 4 members (excludes halogenated alkanes) is 11. The van der Waals surface area contributed by atoms with Crippen LogP contribution in [0.1, 0.15) is 96.8 Å². The minimum Gasteiger partial charge on any atom is -0.404 e. The third kappa shape index (κ3) is 8.23. The zero-order valence-electron chi connectivity index (χ0n) is 28.4. The number of ether oxygens (including phenoxy) is 1. The van der Waals surface area contributed by atoms with Crippen LogP contribution < -0.4 is 10.8 Å². The van der Waals surface area contributed by atoms with Gasteiger partial charge in [-0.15, -0.1) is 0 Å². The fourth-order valence-electron chi connectivity index (χ4n) is 7.44. The Morgan fingerprint density at radius 2 is 1.42 bits per heavy atom. The van der Waals surface area contributed by atoms with E-state index in [1.54, 1.807) is 0 Å². The third-order valence-corrected chi connectivity index (χ3v) is 10.2. The molecule has 3 N–H and O–H groups in total. The molecule has 4 aromatic carbocycles. The first kappa shape index (κ1) is 34.8. The molecule has 0 spiro atoms. The van der Waals surface area contributed by atoms with Crippen molar-refractivity contribution in [3.05, 3.63) is 66.7 Å². The SMILES string of the molecule is CCCCCCCC/C=C\CCCCCCCC(=O)N[C@@H]1O[C@@H]2COB(c3ccc4ccc5cccc6ccc3c4c56)O[C@H]2[C@H](O)[C@H]1O. The number of rotatable bonds is 17. The van der Waals surface area contributed by atoms with Gasteiger partial charge in [0.05, 0.1) is 6.61 Å². The largest absolute Gasteiger partial charge is 0.494 e. The van der Waals surface area contributed by atoms with E-state index in [0.29, 0.717) is 6.42 Å². The molecular weight excluding hydrogens is 601 g/mol. The summed E-state index contributed by atoms with van der Waals surface area (Å²) in [5.74, 6) is -0.188. The van der Waals surface area contributed by atoms with Gasteiger partial charge in [-0.3, -0.25) is 4.79 Å². The number of aliphatic hydroxyl groups is 2. The number of hydrogen-bond acceptors (Lipinski definition) is 6. The smallest absolute Gasteiger partial charge is 0.404 e. The molecule has 7 nitrogen and oxygen atoms in total. The lowest BCUT2D eigenvalue weighted by atomic mass is 9.72. The van der Waals surface area contributed by atoms with E-state index in [4.69, 9.17) is 14.0 Å². The third-order valence-electron chi connectivity index (χ3n) is 10.2. The van der Waals surface area contributed by atoms with Gasteiger partial charge in [-0.1, -0.05) is 125 Å². The Hall–Kier alpha value is -3.01. The van der Waals surface area contributed by atoms with Crippen LogP contribution in [0, 0.1) is 0 Å². The first-order valence-corrected chi connectivity index (χ1v) is 18.4. The number of benzene rings is 4. The van der Waals surface area contributed by atoms with Crippen LogP contribution in [0.4, 0.5) is 0 Å². The topological polar surface area (TPSA) is 97.3 Å². The molecule has 0 aliphatic carbocycles. The molecular formula is C40H52BNO6. The summed E-state index contributed by atoms with van der Waals surface area (Å²) in [5, 5.41) is 31.7. The fraction of sp³-hybridized carbons (Fsp3) is 0.525. The molecule has 2 fully saturated rings. The highest BCUT2D eigenvalue weighted by atomic mass is 16.7. The van der Waals surface area contributed by atoms with Crippen molar-refractivity contribution in [2.75, 3.05) is 6.61 Å². The van der Waals surface area contributed by atoms with Crippen LogP contribution in [-0.4, -0.2) is 60.5 Å². The Morgan fingerprint density at radius 1 is 0.792 bits per heavy atom. The van der Waals surface area contributed by atoms with Crippen LogP contribution in [0.2, 0.25) is 0 Å². The maximum absolute atomic E-state index is 12.7. The molecule has 8 heteroatoms. The zero-order chi connectivity index (χ0) is 33.3. The average Bonchev–Trinajstić information content (AvgIpc) is 3.11. The van der Waals surface area contributed by atoms with Crippen LogP contribution in [-0.2, 0) is 18.8 Å². The van der Waals surface area contributed by atoms with E-state index in [0.717, 1.165) is 53.7 Å².